The number of carbonyl (C=O) groups is 2. The summed E-state index contributed by atoms with van der Waals surface area (Å²) in [6, 6.07) is 4.06. The number of aromatic carboxylic acids is 1. The summed E-state index contributed by atoms with van der Waals surface area (Å²) in [5.74, 6) is -1.05. The molecule has 0 radical (unpaired) electrons. The topological polar surface area (TPSA) is 75.6 Å². The molecule has 17 heavy (non-hydrogen) atoms. The van der Waals surface area contributed by atoms with Crippen LogP contribution < -0.4 is 10.1 Å². The van der Waals surface area contributed by atoms with Crippen molar-refractivity contribution >= 4 is 23.5 Å². The molecule has 0 aliphatic rings. The molecule has 1 aromatic carbocycles. The number of rotatable bonds is 5. The second kappa shape index (κ2) is 6.10. The van der Waals surface area contributed by atoms with Crippen molar-refractivity contribution in [2.45, 2.75) is 6.92 Å². The van der Waals surface area contributed by atoms with Gasteiger partial charge in [-0.05, 0) is 25.1 Å². The average molecular weight is 258 g/mol. The van der Waals surface area contributed by atoms with Gasteiger partial charge < -0.3 is 15.2 Å². The van der Waals surface area contributed by atoms with Gasteiger partial charge in [0.2, 0.25) is 0 Å². The van der Waals surface area contributed by atoms with Gasteiger partial charge in [-0.25, -0.2) is 4.79 Å². The zero-order valence-electron chi connectivity index (χ0n) is 9.20. The van der Waals surface area contributed by atoms with Gasteiger partial charge in [0.25, 0.3) is 5.91 Å². The van der Waals surface area contributed by atoms with Crippen molar-refractivity contribution < 1.29 is 19.4 Å². The van der Waals surface area contributed by atoms with E-state index in [1.807, 2.05) is 0 Å². The number of nitrogens with one attached hydrogen (secondary N) is 1. The standard InChI is InChI=1S/C11H12ClNO4/c1-2-13-10(14)6-17-9-4-3-7(11(15)16)5-8(9)12/h3-5H,2,6H2,1H3,(H,13,14)(H,15,16). The molecule has 0 aliphatic carbocycles. The molecular formula is C11H12ClNO4. The molecule has 0 saturated carbocycles. The van der Waals surface area contributed by atoms with Crippen molar-refractivity contribution in [2.24, 2.45) is 0 Å². The number of carboxylic acid groups (broad SMARTS) is 1. The van der Waals surface area contributed by atoms with Crippen molar-refractivity contribution in [2.75, 3.05) is 13.2 Å². The van der Waals surface area contributed by atoms with E-state index in [1.54, 1.807) is 6.92 Å². The highest BCUT2D eigenvalue weighted by atomic mass is 35.5. The zero-order valence-corrected chi connectivity index (χ0v) is 9.95. The van der Waals surface area contributed by atoms with Gasteiger partial charge in [0.15, 0.2) is 6.61 Å². The van der Waals surface area contributed by atoms with E-state index in [1.165, 1.54) is 18.2 Å². The normalized spacial score (nSPS) is 9.76. The van der Waals surface area contributed by atoms with Gasteiger partial charge in [-0.15, -0.1) is 0 Å². The number of amides is 1. The second-order valence-corrected chi connectivity index (χ2v) is 3.60. The minimum Gasteiger partial charge on any atom is -0.482 e. The first-order valence-corrected chi connectivity index (χ1v) is 5.34. The molecule has 1 aromatic rings. The van der Waals surface area contributed by atoms with Gasteiger partial charge >= 0.3 is 5.97 Å². The molecule has 1 amide bonds. The molecule has 92 valence electrons. The fraction of sp³-hybridized carbons (Fsp3) is 0.273. The lowest BCUT2D eigenvalue weighted by Crippen LogP contribution is -2.28. The quantitative estimate of drug-likeness (QED) is 0.839. The summed E-state index contributed by atoms with van der Waals surface area (Å²) in [7, 11) is 0. The highest BCUT2D eigenvalue weighted by molar-refractivity contribution is 6.32. The van der Waals surface area contributed by atoms with E-state index >= 15 is 0 Å². The average Bonchev–Trinajstić information content (AvgIpc) is 2.27. The summed E-state index contributed by atoms with van der Waals surface area (Å²) in [5.41, 5.74) is 0.0698. The first-order valence-electron chi connectivity index (χ1n) is 4.97. The van der Waals surface area contributed by atoms with Crippen LogP contribution in [-0.4, -0.2) is 30.1 Å². The van der Waals surface area contributed by atoms with Crippen molar-refractivity contribution in [1.82, 2.24) is 5.32 Å². The fourth-order valence-electron chi connectivity index (χ4n) is 1.14. The number of benzene rings is 1. The van der Waals surface area contributed by atoms with Gasteiger partial charge in [0, 0.05) is 6.54 Å². The maximum atomic E-state index is 11.1. The number of halogens is 1. The van der Waals surface area contributed by atoms with Crippen molar-refractivity contribution in [1.29, 1.82) is 0 Å². The van der Waals surface area contributed by atoms with E-state index in [-0.39, 0.29) is 28.8 Å². The van der Waals surface area contributed by atoms with Crippen LogP contribution in [0.4, 0.5) is 0 Å². The molecule has 5 nitrogen and oxygen atoms in total. The molecule has 0 fully saturated rings. The van der Waals surface area contributed by atoms with Gasteiger partial charge in [0.05, 0.1) is 10.6 Å². The number of likely N-dealkylation sites (N-methyl/N-ethyl adjacent to an activating group) is 1. The predicted octanol–water partition coefficient (Wildman–Crippen LogP) is 1.55. The summed E-state index contributed by atoms with van der Waals surface area (Å²) >= 11 is 5.81. The monoisotopic (exact) mass is 257 g/mol. The maximum Gasteiger partial charge on any atom is 0.335 e. The highest BCUT2D eigenvalue weighted by Crippen LogP contribution is 2.25. The summed E-state index contributed by atoms with van der Waals surface area (Å²) in [5, 5.41) is 11.4. The smallest absolute Gasteiger partial charge is 0.335 e. The van der Waals surface area contributed by atoms with Gasteiger partial charge in [-0.3, -0.25) is 4.79 Å². The molecular weight excluding hydrogens is 246 g/mol. The highest BCUT2D eigenvalue weighted by Gasteiger charge is 2.09. The molecule has 0 spiro atoms. The first kappa shape index (κ1) is 13.3. The molecule has 0 heterocycles. The second-order valence-electron chi connectivity index (χ2n) is 3.19. The number of carboxylic acids is 1. The van der Waals surface area contributed by atoms with E-state index in [0.29, 0.717) is 6.54 Å². The lowest BCUT2D eigenvalue weighted by molar-refractivity contribution is -0.122. The molecule has 1 rings (SSSR count). The Morgan fingerprint density at radius 3 is 2.71 bits per heavy atom. The van der Waals surface area contributed by atoms with E-state index < -0.39 is 5.97 Å². The maximum absolute atomic E-state index is 11.1. The van der Waals surface area contributed by atoms with Crippen LogP contribution in [0.3, 0.4) is 0 Å². The number of hydrogen-bond acceptors (Lipinski definition) is 3. The van der Waals surface area contributed by atoms with Gasteiger partial charge in [-0.2, -0.15) is 0 Å². The number of carbonyl (C=O) groups excluding carboxylic acids is 1. The molecule has 0 bridgehead atoms. The van der Waals surface area contributed by atoms with E-state index in [9.17, 15) is 9.59 Å². The molecule has 0 aromatic heterocycles. The SMILES string of the molecule is CCNC(=O)COc1ccc(C(=O)O)cc1Cl. The summed E-state index contributed by atoms with van der Waals surface area (Å²) in [4.78, 5) is 21.8. The molecule has 0 aliphatic heterocycles. The lowest BCUT2D eigenvalue weighted by Gasteiger charge is -2.08. The fourth-order valence-corrected chi connectivity index (χ4v) is 1.38. The molecule has 0 unspecified atom stereocenters. The Morgan fingerprint density at radius 2 is 2.18 bits per heavy atom. The molecule has 0 atom stereocenters. The predicted molar refractivity (Wildman–Crippen MR) is 62.6 cm³/mol. The van der Waals surface area contributed by atoms with Crippen LogP contribution in [0.5, 0.6) is 5.75 Å². The minimum absolute atomic E-state index is 0.0698. The third-order valence-electron chi connectivity index (χ3n) is 1.91. The van der Waals surface area contributed by atoms with Crippen LogP contribution in [0.25, 0.3) is 0 Å². The molecule has 2 N–H and O–H groups in total. The van der Waals surface area contributed by atoms with Gasteiger partial charge in [0.1, 0.15) is 5.75 Å². The van der Waals surface area contributed by atoms with Crippen LogP contribution in [0.1, 0.15) is 17.3 Å². The van der Waals surface area contributed by atoms with Crippen LogP contribution in [0, 0.1) is 0 Å². The zero-order chi connectivity index (χ0) is 12.8. The first-order chi connectivity index (χ1) is 8.04. The Morgan fingerprint density at radius 1 is 1.47 bits per heavy atom. The largest absolute Gasteiger partial charge is 0.482 e. The van der Waals surface area contributed by atoms with Crippen molar-refractivity contribution in [3.8, 4) is 5.75 Å². The Balaban J connectivity index is 2.66. The number of ether oxygens (including phenoxy) is 1. The van der Waals surface area contributed by atoms with Crippen LogP contribution in [0.15, 0.2) is 18.2 Å². The third-order valence-corrected chi connectivity index (χ3v) is 2.21. The number of hydrogen-bond donors (Lipinski definition) is 2. The minimum atomic E-state index is -1.07. The summed E-state index contributed by atoms with van der Waals surface area (Å²) < 4.78 is 5.15. The molecule has 6 heteroatoms. The van der Waals surface area contributed by atoms with Crippen molar-refractivity contribution in [3.63, 3.8) is 0 Å². The third kappa shape index (κ3) is 3.96. The summed E-state index contributed by atoms with van der Waals surface area (Å²) in [6.07, 6.45) is 0. The Kier molecular flexibility index (Phi) is 4.78. The summed E-state index contributed by atoms with van der Waals surface area (Å²) in [6.45, 7) is 2.17. The molecule has 0 saturated heterocycles. The van der Waals surface area contributed by atoms with E-state index in [4.69, 9.17) is 21.4 Å². The van der Waals surface area contributed by atoms with Gasteiger partial charge in [-0.1, -0.05) is 11.6 Å². The Bertz CT molecular complexity index is 433. The Labute approximate surface area is 103 Å². The Hall–Kier alpha value is -1.75. The van der Waals surface area contributed by atoms with Crippen LogP contribution >= 0.6 is 11.6 Å². The lowest BCUT2D eigenvalue weighted by atomic mass is 10.2. The van der Waals surface area contributed by atoms with Crippen LogP contribution in [0.2, 0.25) is 5.02 Å². The van der Waals surface area contributed by atoms with Crippen LogP contribution in [-0.2, 0) is 4.79 Å². The van der Waals surface area contributed by atoms with E-state index in [2.05, 4.69) is 5.32 Å². The van der Waals surface area contributed by atoms with E-state index in [0.717, 1.165) is 0 Å². The van der Waals surface area contributed by atoms with Crippen molar-refractivity contribution in [3.05, 3.63) is 28.8 Å².